The molecular formula is C18H17N3O2S2. The first-order valence-corrected chi connectivity index (χ1v) is 10.0. The lowest BCUT2D eigenvalue weighted by Crippen LogP contribution is -2.27. The van der Waals surface area contributed by atoms with Crippen molar-refractivity contribution >= 4 is 29.0 Å². The van der Waals surface area contributed by atoms with Crippen LogP contribution in [0.2, 0.25) is 0 Å². The van der Waals surface area contributed by atoms with Gasteiger partial charge in [-0.15, -0.1) is 23.1 Å². The maximum Gasteiger partial charge on any atom is 0.255 e. The highest BCUT2D eigenvalue weighted by molar-refractivity contribution is 7.98. The zero-order valence-corrected chi connectivity index (χ0v) is 15.2. The van der Waals surface area contributed by atoms with Crippen LogP contribution in [-0.2, 0) is 5.75 Å². The van der Waals surface area contributed by atoms with E-state index in [0.29, 0.717) is 5.56 Å². The van der Waals surface area contributed by atoms with Gasteiger partial charge in [0.2, 0.25) is 0 Å². The largest absolute Gasteiger partial charge is 0.462 e. The molecule has 5 nitrogen and oxygen atoms in total. The van der Waals surface area contributed by atoms with E-state index in [4.69, 9.17) is 4.42 Å². The van der Waals surface area contributed by atoms with Gasteiger partial charge in [0, 0.05) is 30.4 Å². The van der Waals surface area contributed by atoms with Gasteiger partial charge in [-0.25, -0.2) is 9.97 Å². The third-order valence-corrected chi connectivity index (χ3v) is 5.91. The molecule has 0 saturated carbocycles. The Labute approximate surface area is 154 Å². The van der Waals surface area contributed by atoms with Crippen LogP contribution < -0.4 is 0 Å². The average Bonchev–Trinajstić information content (AvgIpc) is 3.42. The van der Waals surface area contributed by atoms with E-state index in [2.05, 4.69) is 9.97 Å². The number of likely N-dealkylation sites (tertiary alicyclic amines) is 1. The SMILES string of the molecule is O=C(c1ccc(SCc2csc(-c3ccco3)n2)nc1)N1CCCC1. The van der Waals surface area contributed by atoms with Crippen LogP contribution in [0, 0.1) is 0 Å². The summed E-state index contributed by atoms with van der Waals surface area (Å²) in [6.45, 7) is 1.72. The second kappa shape index (κ2) is 7.41. The third-order valence-electron chi connectivity index (χ3n) is 4.03. The van der Waals surface area contributed by atoms with Gasteiger partial charge in [-0.05, 0) is 37.1 Å². The fraction of sp³-hybridized carbons (Fsp3) is 0.278. The second-order valence-corrected chi connectivity index (χ2v) is 7.65. The molecule has 0 aliphatic carbocycles. The third kappa shape index (κ3) is 3.77. The van der Waals surface area contributed by atoms with Crippen LogP contribution in [-0.4, -0.2) is 33.9 Å². The van der Waals surface area contributed by atoms with Crippen molar-refractivity contribution in [3.63, 3.8) is 0 Å². The summed E-state index contributed by atoms with van der Waals surface area (Å²) in [6, 6.07) is 7.55. The van der Waals surface area contributed by atoms with Crippen LogP contribution in [0.3, 0.4) is 0 Å². The average molecular weight is 371 g/mol. The number of thioether (sulfide) groups is 1. The van der Waals surface area contributed by atoms with Gasteiger partial charge in [0.25, 0.3) is 5.91 Å². The molecular weight excluding hydrogens is 354 g/mol. The number of thiazole rings is 1. The highest BCUT2D eigenvalue weighted by Gasteiger charge is 2.19. The smallest absolute Gasteiger partial charge is 0.255 e. The highest BCUT2D eigenvalue weighted by Crippen LogP contribution is 2.27. The van der Waals surface area contributed by atoms with Gasteiger partial charge in [0.05, 0.1) is 22.5 Å². The number of furan rings is 1. The summed E-state index contributed by atoms with van der Waals surface area (Å²) in [5, 5.41) is 3.82. The topological polar surface area (TPSA) is 59.2 Å². The van der Waals surface area contributed by atoms with Crippen molar-refractivity contribution in [2.45, 2.75) is 23.6 Å². The fourth-order valence-electron chi connectivity index (χ4n) is 2.73. The first-order valence-electron chi connectivity index (χ1n) is 8.16. The summed E-state index contributed by atoms with van der Waals surface area (Å²) >= 11 is 3.19. The summed E-state index contributed by atoms with van der Waals surface area (Å²) in [6.07, 6.45) is 5.53. The van der Waals surface area contributed by atoms with Crippen molar-refractivity contribution in [3.05, 3.63) is 53.4 Å². The van der Waals surface area contributed by atoms with E-state index >= 15 is 0 Å². The molecule has 0 radical (unpaired) electrons. The number of carbonyl (C=O) groups is 1. The number of hydrogen-bond donors (Lipinski definition) is 0. The van der Waals surface area contributed by atoms with Crippen molar-refractivity contribution in [1.29, 1.82) is 0 Å². The molecule has 0 atom stereocenters. The number of amides is 1. The Morgan fingerprint density at radius 2 is 2.16 bits per heavy atom. The van der Waals surface area contributed by atoms with Gasteiger partial charge in [-0.1, -0.05) is 0 Å². The Balaban J connectivity index is 1.36. The first-order chi connectivity index (χ1) is 12.3. The molecule has 0 spiro atoms. The van der Waals surface area contributed by atoms with E-state index in [-0.39, 0.29) is 5.91 Å². The van der Waals surface area contributed by atoms with Crippen LogP contribution in [0.4, 0.5) is 0 Å². The molecule has 1 aliphatic heterocycles. The summed E-state index contributed by atoms with van der Waals surface area (Å²) in [5.74, 6) is 1.62. The maximum atomic E-state index is 12.3. The lowest BCUT2D eigenvalue weighted by Gasteiger charge is -2.14. The van der Waals surface area contributed by atoms with Crippen molar-refractivity contribution in [2.75, 3.05) is 13.1 Å². The van der Waals surface area contributed by atoms with Crippen molar-refractivity contribution in [1.82, 2.24) is 14.9 Å². The second-order valence-electron chi connectivity index (χ2n) is 5.79. The van der Waals surface area contributed by atoms with Gasteiger partial charge in [0.1, 0.15) is 0 Å². The van der Waals surface area contributed by atoms with E-state index in [1.165, 1.54) is 0 Å². The van der Waals surface area contributed by atoms with Gasteiger partial charge in [-0.2, -0.15) is 0 Å². The molecule has 1 saturated heterocycles. The Hall–Kier alpha value is -2.12. The lowest BCUT2D eigenvalue weighted by atomic mass is 10.2. The molecule has 0 bridgehead atoms. The Kier molecular flexibility index (Phi) is 4.85. The predicted octanol–water partition coefficient (Wildman–Crippen LogP) is 4.33. The van der Waals surface area contributed by atoms with E-state index in [9.17, 15) is 4.79 Å². The molecule has 4 rings (SSSR count). The minimum Gasteiger partial charge on any atom is -0.462 e. The van der Waals surface area contributed by atoms with Gasteiger partial charge in [0.15, 0.2) is 10.8 Å². The van der Waals surface area contributed by atoms with E-state index in [1.54, 1.807) is 35.6 Å². The van der Waals surface area contributed by atoms with Crippen LogP contribution >= 0.6 is 23.1 Å². The zero-order valence-electron chi connectivity index (χ0n) is 13.6. The lowest BCUT2D eigenvalue weighted by molar-refractivity contribution is 0.0792. The molecule has 3 aromatic heterocycles. The molecule has 4 heterocycles. The summed E-state index contributed by atoms with van der Waals surface area (Å²) in [4.78, 5) is 23.2. The number of pyridine rings is 1. The maximum absolute atomic E-state index is 12.3. The zero-order chi connectivity index (χ0) is 17.1. The molecule has 128 valence electrons. The van der Waals surface area contributed by atoms with Crippen molar-refractivity contribution in [2.24, 2.45) is 0 Å². The molecule has 3 aromatic rings. The predicted molar refractivity (Wildman–Crippen MR) is 98.8 cm³/mol. The molecule has 0 aromatic carbocycles. The number of aromatic nitrogens is 2. The molecule has 1 amide bonds. The molecule has 0 N–H and O–H groups in total. The molecule has 1 aliphatic rings. The van der Waals surface area contributed by atoms with Crippen molar-refractivity contribution in [3.8, 4) is 10.8 Å². The standard InChI is InChI=1S/C18H17N3O2S2/c22-18(21-7-1-2-8-21)13-5-6-16(19-10-13)24-11-14-12-25-17(20-14)15-4-3-9-23-15/h3-6,9-10,12H,1-2,7-8,11H2. The van der Waals surface area contributed by atoms with Crippen LogP contribution in [0.15, 0.2) is 51.5 Å². The Bertz CT molecular complexity index is 838. The molecule has 25 heavy (non-hydrogen) atoms. The number of hydrogen-bond acceptors (Lipinski definition) is 6. The van der Waals surface area contributed by atoms with E-state index < -0.39 is 0 Å². The number of rotatable bonds is 5. The van der Waals surface area contributed by atoms with E-state index in [1.807, 2.05) is 34.5 Å². The quantitative estimate of drug-likeness (QED) is 0.625. The molecule has 1 fully saturated rings. The van der Waals surface area contributed by atoms with E-state index in [0.717, 1.165) is 53.2 Å². The van der Waals surface area contributed by atoms with Gasteiger partial charge < -0.3 is 9.32 Å². The Morgan fingerprint density at radius 1 is 1.28 bits per heavy atom. The summed E-state index contributed by atoms with van der Waals surface area (Å²) in [5.41, 5.74) is 1.67. The number of nitrogens with zero attached hydrogens (tertiary/aromatic N) is 3. The minimum atomic E-state index is 0.0872. The van der Waals surface area contributed by atoms with Gasteiger partial charge in [-0.3, -0.25) is 4.79 Å². The molecule has 0 unspecified atom stereocenters. The number of carbonyl (C=O) groups excluding carboxylic acids is 1. The Morgan fingerprint density at radius 3 is 2.88 bits per heavy atom. The summed E-state index contributed by atoms with van der Waals surface area (Å²) in [7, 11) is 0. The monoisotopic (exact) mass is 371 g/mol. The molecule has 7 heteroatoms. The van der Waals surface area contributed by atoms with Crippen LogP contribution in [0.5, 0.6) is 0 Å². The van der Waals surface area contributed by atoms with Gasteiger partial charge >= 0.3 is 0 Å². The normalized spacial score (nSPS) is 14.2. The van der Waals surface area contributed by atoms with Crippen molar-refractivity contribution < 1.29 is 9.21 Å². The fourth-order valence-corrected chi connectivity index (χ4v) is 4.36. The first kappa shape index (κ1) is 16.4. The highest BCUT2D eigenvalue weighted by atomic mass is 32.2. The van der Waals surface area contributed by atoms with Crippen LogP contribution in [0.25, 0.3) is 10.8 Å². The minimum absolute atomic E-state index is 0.0872. The summed E-state index contributed by atoms with van der Waals surface area (Å²) < 4.78 is 5.37. The van der Waals surface area contributed by atoms with Crippen LogP contribution in [0.1, 0.15) is 28.9 Å².